The second kappa shape index (κ2) is 5.44. The van der Waals surface area contributed by atoms with Crippen molar-refractivity contribution in [1.82, 2.24) is 0 Å². The molecule has 1 aliphatic carbocycles. The third kappa shape index (κ3) is 2.56. The molecule has 22 heavy (non-hydrogen) atoms. The van der Waals surface area contributed by atoms with Gasteiger partial charge in [-0.15, -0.1) is 0 Å². The van der Waals surface area contributed by atoms with E-state index in [1.165, 1.54) is 6.07 Å². The van der Waals surface area contributed by atoms with Crippen molar-refractivity contribution in [3.8, 4) is 0 Å². The Morgan fingerprint density at radius 3 is 2.50 bits per heavy atom. The maximum Gasteiger partial charge on any atom is 0.416 e. The number of carbonyl (C=O) groups is 1. The molecule has 1 nitrogen and oxygen atoms in total. The molecule has 2 aromatic carbocycles. The summed E-state index contributed by atoms with van der Waals surface area (Å²) in [6, 6.07) is 12.6. The minimum atomic E-state index is -4.39. The van der Waals surface area contributed by atoms with Crippen LogP contribution in [0.1, 0.15) is 34.1 Å². The highest BCUT2D eigenvalue weighted by Crippen LogP contribution is 2.40. The van der Waals surface area contributed by atoms with Crippen LogP contribution in [-0.4, -0.2) is 6.29 Å². The van der Waals surface area contributed by atoms with Gasteiger partial charge in [-0.05, 0) is 22.8 Å². The normalized spacial score (nSPS) is 20.5. The van der Waals surface area contributed by atoms with Crippen LogP contribution in [0, 0.1) is 0 Å². The van der Waals surface area contributed by atoms with Crippen LogP contribution in [0.5, 0.6) is 0 Å². The number of carbonyl (C=O) groups excluding carboxylic acids is 1. The van der Waals surface area contributed by atoms with E-state index < -0.39 is 17.7 Å². The largest absolute Gasteiger partial charge is 0.416 e. The van der Waals surface area contributed by atoms with Crippen LogP contribution in [0.3, 0.4) is 0 Å². The van der Waals surface area contributed by atoms with Crippen molar-refractivity contribution in [2.24, 2.45) is 0 Å². The predicted molar refractivity (Wildman–Crippen MR) is 78.5 cm³/mol. The van der Waals surface area contributed by atoms with Crippen molar-refractivity contribution in [2.45, 2.75) is 18.0 Å². The molecule has 2 atom stereocenters. The average molecular weight is 302 g/mol. The Labute approximate surface area is 126 Å². The molecule has 0 radical (unpaired) electrons. The number of aldehydes is 1. The Morgan fingerprint density at radius 1 is 1.00 bits per heavy atom. The number of alkyl halides is 3. The number of rotatable bonds is 2. The van der Waals surface area contributed by atoms with E-state index in [0.29, 0.717) is 5.56 Å². The highest BCUT2D eigenvalue weighted by atomic mass is 19.4. The lowest BCUT2D eigenvalue weighted by Crippen LogP contribution is -2.16. The second-order valence-electron chi connectivity index (χ2n) is 5.30. The van der Waals surface area contributed by atoms with E-state index in [2.05, 4.69) is 0 Å². The van der Waals surface area contributed by atoms with Gasteiger partial charge in [0.25, 0.3) is 0 Å². The van der Waals surface area contributed by atoms with Crippen LogP contribution in [0.4, 0.5) is 13.2 Å². The Balaban J connectivity index is 2.05. The summed E-state index contributed by atoms with van der Waals surface area (Å²) in [6.45, 7) is 0. The number of hydrogen-bond acceptors (Lipinski definition) is 1. The topological polar surface area (TPSA) is 17.1 Å². The Morgan fingerprint density at radius 2 is 1.77 bits per heavy atom. The first kappa shape index (κ1) is 14.6. The highest BCUT2D eigenvalue weighted by Gasteiger charge is 2.32. The van der Waals surface area contributed by atoms with Crippen molar-refractivity contribution in [3.63, 3.8) is 0 Å². The van der Waals surface area contributed by atoms with Crippen LogP contribution in [-0.2, 0) is 11.0 Å². The van der Waals surface area contributed by atoms with Gasteiger partial charge < -0.3 is 4.79 Å². The van der Waals surface area contributed by atoms with E-state index in [-0.39, 0.29) is 5.92 Å². The number of fused-ring (bicyclic) bond motifs is 1. The van der Waals surface area contributed by atoms with Crippen molar-refractivity contribution < 1.29 is 18.0 Å². The molecule has 0 heterocycles. The molecule has 4 heteroatoms. The van der Waals surface area contributed by atoms with Gasteiger partial charge in [-0.1, -0.05) is 54.6 Å². The minimum Gasteiger partial charge on any atom is -0.303 e. The number of allylic oxidation sites excluding steroid dienone is 1. The molecule has 0 unspecified atom stereocenters. The van der Waals surface area contributed by atoms with Gasteiger partial charge in [-0.25, -0.2) is 0 Å². The number of halogens is 3. The molecule has 1 aliphatic rings. The Hall–Kier alpha value is -2.36. The lowest BCUT2D eigenvalue weighted by atomic mass is 9.76. The van der Waals surface area contributed by atoms with Gasteiger partial charge in [-0.2, -0.15) is 13.2 Å². The van der Waals surface area contributed by atoms with Crippen molar-refractivity contribution in [1.29, 1.82) is 0 Å². The van der Waals surface area contributed by atoms with E-state index in [0.717, 1.165) is 29.5 Å². The molecule has 112 valence electrons. The summed E-state index contributed by atoms with van der Waals surface area (Å²) < 4.78 is 38.6. The molecular formula is C18H13F3O. The first-order valence-corrected chi connectivity index (χ1v) is 6.90. The molecule has 0 aromatic heterocycles. The Bertz CT molecular complexity index is 731. The summed E-state index contributed by atoms with van der Waals surface area (Å²) in [7, 11) is 0. The lowest BCUT2D eigenvalue weighted by molar-refractivity contribution is -0.137. The van der Waals surface area contributed by atoms with Crippen LogP contribution < -0.4 is 0 Å². The summed E-state index contributed by atoms with van der Waals surface area (Å²) in [5.74, 6) is -0.848. The molecule has 2 aromatic rings. The van der Waals surface area contributed by atoms with Gasteiger partial charge in [-0.3, -0.25) is 0 Å². The summed E-state index contributed by atoms with van der Waals surface area (Å²) >= 11 is 0. The fourth-order valence-corrected chi connectivity index (χ4v) is 2.89. The van der Waals surface area contributed by atoms with E-state index in [4.69, 9.17) is 0 Å². The molecule has 0 spiro atoms. The number of hydrogen-bond donors (Lipinski definition) is 0. The van der Waals surface area contributed by atoms with Gasteiger partial charge in [0.15, 0.2) is 0 Å². The molecule has 0 N–H and O–H groups in total. The molecule has 0 fully saturated rings. The van der Waals surface area contributed by atoms with Crippen LogP contribution in [0.25, 0.3) is 6.08 Å². The van der Waals surface area contributed by atoms with Gasteiger partial charge >= 0.3 is 6.18 Å². The van der Waals surface area contributed by atoms with E-state index >= 15 is 0 Å². The zero-order valence-corrected chi connectivity index (χ0v) is 11.5. The van der Waals surface area contributed by atoms with E-state index in [1.807, 2.05) is 30.3 Å². The second-order valence-corrected chi connectivity index (χ2v) is 5.30. The molecule has 3 rings (SSSR count). The van der Waals surface area contributed by atoms with Gasteiger partial charge in [0.05, 0.1) is 11.5 Å². The van der Waals surface area contributed by atoms with Crippen LogP contribution >= 0.6 is 0 Å². The lowest BCUT2D eigenvalue weighted by Gasteiger charge is -2.26. The standard InChI is InChI=1S/C18H13F3O/c19-18(20,21)14-6-3-5-13(10-14)16-9-8-12-4-1-2-7-15(12)17(16)11-22/h1-11,16-17H/t16-,17+/m1/s1. The first-order valence-electron chi connectivity index (χ1n) is 6.90. The maximum atomic E-state index is 12.9. The van der Waals surface area contributed by atoms with E-state index in [1.54, 1.807) is 12.1 Å². The molecular weight excluding hydrogens is 289 g/mol. The SMILES string of the molecule is O=C[C@H]1c2ccccc2C=C[C@@H]1c1cccc(C(F)(F)F)c1. The zero-order chi connectivity index (χ0) is 15.7. The Kier molecular flexibility index (Phi) is 3.61. The molecule has 0 aliphatic heterocycles. The molecule has 0 saturated heterocycles. The number of benzene rings is 2. The summed E-state index contributed by atoms with van der Waals surface area (Å²) in [4.78, 5) is 11.5. The van der Waals surface area contributed by atoms with Crippen LogP contribution in [0.15, 0.2) is 54.6 Å². The van der Waals surface area contributed by atoms with Crippen molar-refractivity contribution >= 4 is 12.4 Å². The van der Waals surface area contributed by atoms with Crippen molar-refractivity contribution in [2.75, 3.05) is 0 Å². The fourth-order valence-electron chi connectivity index (χ4n) is 2.89. The third-order valence-electron chi connectivity index (χ3n) is 3.97. The average Bonchev–Trinajstić information content (AvgIpc) is 2.53. The monoisotopic (exact) mass is 302 g/mol. The smallest absolute Gasteiger partial charge is 0.303 e. The predicted octanol–water partition coefficient (Wildman–Crippen LogP) is 4.80. The fraction of sp³-hybridized carbons (Fsp3) is 0.167. The summed E-state index contributed by atoms with van der Waals surface area (Å²) in [6.07, 6.45) is 0.0907. The van der Waals surface area contributed by atoms with Gasteiger partial charge in [0, 0.05) is 5.92 Å². The molecule has 0 bridgehead atoms. The minimum absolute atomic E-state index is 0.380. The summed E-state index contributed by atoms with van der Waals surface area (Å²) in [5, 5.41) is 0. The molecule has 0 saturated carbocycles. The summed E-state index contributed by atoms with van der Waals surface area (Å²) in [5.41, 5.74) is 1.59. The maximum absolute atomic E-state index is 12.9. The quantitative estimate of drug-likeness (QED) is 0.728. The molecule has 0 amide bonds. The van der Waals surface area contributed by atoms with Gasteiger partial charge in [0.2, 0.25) is 0 Å². The van der Waals surface area contributed by atoms with Crippen LogP contribution in [0.2, 0.25) is 0 Å². The van der Waals surface area contributed by atoms with Gasteiger partial charge in [0.1, 0.15) is 6.29 Å². The first-order chi connectivity index (χ1) is 10.5. The zero-order valence-electron chi connectivity index (χ0n) is 11.5. The highest BCUT2D eigenvalue weighted by molar-refractivity contribution is 5.73. The van der Waals surface area contributed by atoms with Crippen molar-refractivity contribution in [3.05, 3.63) is 76.9 Å². The third-order valence-corrected chi connectivity index (χ3v) is 3.97. The van der Waals surface area contributed by atoms with E-state index in [9.17, 15) is 18.0 Å².